The minimum atomic E-state index is -0.326. The van der Waals surface area contributed by atoms with Crippen molar-refractivity contribution in [3.8, 4) is 0 Å². The molecule has 1 N–H and O–H groups in total. The van der Waals surface area contributed by atoms with Crippen molar-refractivity contribution >= 4 is 5.91 Å². The SMILES string of the molecule is C=CC1(CCCCCC)NC1=O. The summed E-state index contributed by atoms with van der Waals surface area (Å²) < 4.78 is 0. The Morgan fingerprint density at radius 2 is 2.17 bits per heavy atom. The van der Waals surface area contributed by atoms with Gasteiger partial charge in [0.05, 0.1) is 0 Å². The van der Waals surface area contributed by atoms with Gasteiger partial charge >= 0.3 is 0 Å². The molecule has 68 valence electrons. The zero-order valence-electron chi connectivity index (χ0n) is 7.73. The quantitative estimate of drug-likeness (QED) is 0.367. The van der Waals surface area contributed by atoms with Crippen LogP contribution in [0.25, 0.3) is 0 Å². The van der Waals surface area contributed by atoms with E-state index in [4.69, 9.17) is 0 Å². The van der Waals surface area contributed by atoms with E-state index in [-0.39, 0.29) is 11.4 Å². The van der Waals surface area contributed by atoms with E-state index in [0.717, 1.165) is 12.8 Å². The Kier molecular flexibility index (Phi) is 2.90. The van der Waals surface area contributed by atoms with Gasteiger partial charge in [-0.1, -0.05) is 38.7 Å². The topological polar surface area (TPSA) is 39.0 Å². The van der Waals surface area contributed by atoms with Gasteiger partial charge in [-0.3, -0.25) is 4.79 Å². The van der Waals surface area contributed by atoms with Crippen LogP contribution in [0.4, 0.5) is 0 Å². The standard InChI is InChI=1S/C10H17NO/c1-3-5-6-7-8-10(4-2)9(12)11-10/h4H,2-3,5-8H2,1H3,(H,11,12). The summed E-state index contributed by atoms with van der Waals surface area (Å²) in [6, 6.07) is 0. The zero-order valence-corrected chi connectivity index (χ0v) is 7.73. The lowest BCUT2D eigenvalue weighted by Crippen LogP contribution is -2.11. The number of hydrogen-bond acceptors (Lipinski definition) is 1. The third-order valence-electron chi connectivity index (χ3n) is 2.45. The molecule has 0 bridgehead atoms. The van der Waals surface area contributed by atoms with Gasteiger partial charge < -0.3 is 5.32 Å². The van der Waals surface area contributed by atoms with Crippen LogP contribution in [0.2, 0.25) is 0 Å². The van der Waals surface area contributed by atoms with Gasteiger partial charge in [0.25, 0.3) is 5.91 Å². The molecule has 0 aliphatic carbocycles. The molecule has 12 heavy (non-hydrogen) atoms. The molecule has 1 amide bonds. The lowest BCUT2D eigenvalue weighted by molar-refractivity contribution is -0.111. The summed E-state index contributed by atoms with van der Waals surface area (Å²) in [5.41, 5.74) is -0.326. The van der Waals surface area contributed by atoms with Gasteiger partial charge in [-0.05, 0) is 6.42 Å². The largest absolute Gasteiger partial charge is 0.336 e. The maximum atomic E-state index is 10.9. The lowest BCUT2D eigenvalue weighted by atomic mass is 10.0. The zero-order chi connectivity index (χ0) is 9.03. The second kappa shape index (κ2) is 3.74. The predicted molar refractivity (Wildman–Crippen MR) is 49.8 cm³/mol. The van der Waals surface area contributed by atoms with Crippen molar-refractivity contribution in [2.75, 3.05) is 0 Å². The van der Waals surface area contributed by atoms with E-state index in [1.54, 1.807) is 6.08 Å². The summed E-state index contributed by atoms with van der Waals surface area (Å²) >= 11 is 0. The van der Waals surface area contributed by atoms with E-state index in [1.807, 2.05) is 0 Å². The van der Waals surface area contributed by atoms with Gasteiger partial charge in [0.1, 0.15) is 5.54 Å². The van der Waals surface area contributed by atoms with Crippen molar-refractivity contribution in [2.45, 2.75) is 44.6 Å². The Morgan fingerprint density at radius 3 is 2.58 bits per heavy atom. The fraction of sp³-hybridized carbons (Fsp3) is 0.700. The van der Waals surface area contributed by atoms with Crippen LogP contribution in [0.15, 0.2) is 12.7 Å². The molecule has 1 fully saturated rings. The average molecular weight is 167 g/mol. The highest BCUT2D eigenvalue weighted by Gasteiger charge is 2.49. The van der Waals surface area contributed by atoms with Crippen molar-refractivity contribution in [1.29, 1.82) is 0 Å². The average Bonchev–Trinajstić information content (AvgIpc) is 2.72. The van der Waals surface area contributed by atoms with Gasteiger partial charge in [-0.15, -0.1) is 6.58 Å². The number of carbonyl (C=O) groups is 1. The fourth-order valence-corrected chi connectivity index (χ4v) is 1.42. The molecule has 1 unspecified atom stereocenters. The van der Waals surface area contributed by atoms with Crippen molar-refractivity contribution < 1.29 is 4.79 Å². The summed E-state index contributed by atoms with van der Waals surface area (Å²) in [5, 5.41) is 2.81. The first kappa shape index (κ1) is 9.30. The minimum absolute atomic E-state index is 0.147. The second-order valence-corrected chi connectivity index (χ2v) is 3.44. The predicted octanol–water partition coefficient (Wildman–Crippen LogP) is 2.01. The summed E-state index contributed by atoms with van der Waals surface area (Å²) in [6.45, 7) is 5.85. The van der Waals surface area contributed by atoms with Crippen LogP contribution in [0.5, 0.6) is 0 Å². The third kappa shape index (κ3) is 1.87. The Morgan fingerprint density at radius 1 is 1.50 bits per heavy atom. The molecule has 0 aromatic heterocycles. The summed E-state index contributed by atoms with van der Waals surface area (Å²) in [4.78, 5) is 10.9. The van der Waals surface area contributed by atoms with Crippen LogP contribution in [0, 0.1) is 0 Å². The molecule has 1 rings (SSSR count). The number of rotatable bonds is 6. The first-order valence-electron chi connectivity index (χ1n) is 4.71. The molecule has 0 spiro atoms. The number of hydrogen-bond donors (Lipinski definition) is 1. The van der Waals surface area contributed by atoms with Crippen molar-refractivity contribution in [3.05, 3.63) is 12.7 Å². The maximum absolute atomic E-state index is 10.9. The number of unbranched alkanes of at least 4 members (excludes halogenated alkanes) is 3. The van der Waals surface area contributed by atoms with Gasteiger partial charge in [0, 0.05) is 0 Å². The third-order valence-corrected chi connectivity index (χ3v) is 2.45. The molecule has 2 nitrogen and oxygen atoms in total. The fourth-order valence-electron chi connectivity index (χ4n) is 1.42. The molecule has 1 saturated heterocycles. The molecule has 1 heterocycles. The Bertz CT molecular complexity index is 188. The van der Waals surface area contributed by atoms with Crippen molar-refractivity contribution in [2.24, 2.45) is 0 Å². The molecule has 0 aromatic rings. The van der Waals surface area contributed by atoms with Crippen LogP contribution in [0.3, 0.4) is 0 Å². The van der Waals surface area contributed by atoms with Gasteiger partial charge in [-0.25, -0.2) is 0 Å². The highest BCUT2D eigenvalue weighted by atomic mass is 16.2. The maximum Gasteiger partial charge on any atom is 0.250 e. The first-order chi connectivity index (χ1) is 5.75. The summed E-state index contributed by atoms with van der Waals surface area (Å²) in [6.07, 6.45) is 7.51. The Hall–Kier alpha value is -0.790. The van der Waals surface area contributed by atoms with Gasteiger partial charge in [0.2, 0.25) is 0 Å². The highest BCUT2D eigenvalue weighted by molar-refractivity contribution is 6.04. The molecule has 0 saturated carbocycles. The Labute approximate surface area is 74.0 Å². The molecule has 1 atom stereocenters. The van der Waals surface area contributed by atoms with Gasteiger partial charge in [-0.2, -0.15) is 0 Å². The van der Waals surface area contributed by atoms with E-state index in [2.05, 4.69) is 18.8 Å². The lowest BCUT2D eigenvalue weighted by Gasteiger charge is -2.03. The van der Waals surface area contributed by atoms with Crippen LogP contribution in [-0.2, 0) is 4.79 Å². The van der Waals surface area contributed by atoms with E-state index in [1.165, 1.54) is 19.3 Å². The minimum Gasteiger partial charge on any atom is -0.336 e. The molecular weight excluding hydrogens is 150 g/mol. The molecule has 0 radical (unpaired) electrons. The van der Waals surface area contributed by atoms with Gasteiger partial charge in [0.15, 0.2) is 0 Å². The van der Waals surface area contributed by atoms with Crippen molar-refractivity contribution in [3.63, 3.8) is 0 Å². The smallest absolute Gasteiger partial charge is 0.250 e. The molecule has 1 aliphatic heterocycles. The van der Waals surface area contributed by atoms with Crippen LogP contribution in [-0.4, -0.2) is 11.4 Å². The molecule has 0 aromatic carbocycles. The van der Waals surface area contributed by atoms with Crippen molar-refractivity contribution in [1.82, 2.24) is 5.32 Å². The van der Waals surface area contributed by atoms with E-state index in [9.17, 15) is 4.79 Å². The van der Waals surface area contributed by atoms with E-state index in [0.29, 0.717) is 0 Å². The normalized spacial score (nSPS) is 26.6. The number of nitrogens with one attached hydrogen (secondary N) is 1. The molecule has 1 aliphatic rings. The Balaban J connectivity index is 2.14. The molecular formula is C10H17NO. The number of carbonyl (C=O) groups excluding carboxylic acids is 1. The summed E-state index contributed by atoms with van der Waals surface area (Å²) in [5.74, 6) is 0.147. The second-order valence-electron chi connectivity index (χ2n) is 3.44. The van der Waals surface area contributed by atoms with E-state index < -0.39 is 0 Å². The molecule has 2 heteroatoms. The highest BCUT2D eigenvalue weighted by Crippen LogP contribution is 2.27. The van der Waals surface area contributed by atoms with E-state index >= 15 is 0 Å². The number of amides is 1. The van der Waals surface area contributed by atoms with Crippen LogP contribution >= 0.6 is 0 Å². The van der Waals surface area contributed by atoms with Crippen LogP contribution in [0.1, 0.15) is 39.0 Å². The first-order valence-corrected chi connectivity index (χ1v) is 4.71. The summed E-state index contributed by atoms with van der Waals surface area (Å²) in [7, 11) is 0. The van der Waals surface area contributed by atoms with Crippen LogP contribution < -0.4 is 5.32 Å². The monoisotopic (exact) mass is 167 g/mol.